The highest BCUT2D eigenvalue weighted by Crippen LogP contribution is 2.51. The molecule has 0 N–H and O–H groups in total. The Balaban J connectivity index is 2.19. The van der Waals surface area contributed by atoms with Gasteiger partial charge in [-0.1, -0.05) is 12.2 Å². The molecule has 1 aromatic rings. The molecule has 1 heterocycles. The van der Waals surface area contributed by atoms with Crippen LogP contribution in [0.4, 0.5) is 30.2 Å². The summed E-state index contributed by atoms with van der Waals surface area (Å²) < 4.78 is 38.5. The first-order valence-corrected chi connectivity index (χ1v) is 6.71. The number of alkyl halides is 3. The van der Waals surface area contributed by atoms with E-state index < -0.39 is 33.0 Å². The summed E-state index contributed by atoms with van der Waals surface area (Å²) in [5.74, 6) is 0. The fourth-order valence-corrected chi connectivity index (χ4v) is 2.96. The topological polar surface area (TPSA) is 89.3 Å². The van der Waals surface area contributed by atoms with Crippen molar-refractivity contribution in [2.45, 2.75) is 31.1 Å². The largest absolute Gasteiger partial charge is 0.416 e. The van der Waals surface area contributed by atoms with E-state index in [-0.39, 0.29) is 17.8 Å². The number of nitro benzene ring substituents is 2. The summed E-state index contributed by atoms with van der Waals surface area (Å²) >= 11 is 0. The van der Waals surface area contributed by atoms with Crippen molar-refractivity contribution in [1.29, 1.82) is 0 Å². The smallest absolute Gasteiger partial charge is 0.346 e. The van der Waals surface area contributed by atoms with Gasteiger partial charge in [-0.2, -0.15) is 13.2 Å². The number of hydrogen-bond acceptors (Lipinski definition) is 5. The maximum Gasteiger partial charge on any atom is 0.416 e. The van der Waals surface area contributed by atoms with E-state index in [0.717, 1.165) is 6.42 Å². The number of nitro groups is 2. The molecular formula is C13H10F3N3O4. The molecule has 0 aromatic heterocycles. The monoisotopic (exact) mass is 329 g/mol. The molecule has 2 aliphatic rings. The van der Waals surface area contributed by atoms with Gasteiger partial charge in [0.25, 0.3) is 11.4 Å². The number of anilines is 1. The second-order valence-corrected chi connectivity index (χ2v) is 5.35. The van der Waals surface area contributed by atoms with E-state index in [1.165, 1.54) is 4.90 Å². The van der Waals surface area contributed by atoms with E-state index in [0.29, 0.717) is 18.6 Å². The van der Waals surface area contributed by atoms with E-state index in [1.54, 1.807) is 6.08 Å². The van der Waals surface area contributed by atoms with Gasteiger partial charge in [0, 0.05) is 12.1 Å². The van der Waals surface area contributed by atoms with Gasteiger partial charge in [-0.3, -0.25) is 20.2 Å². The van der Waals surface area contributed by atoms with E-state index in [2.05, 4.69) is 0 Å². The van der Waals surface area contributed by atoms with Crippen molar-refractivity contribution >= 4 is 17.1 Å². The van der Waals surface area contributed by atoms with Crippen molar-refractivity contribution in [2.75, 3.05) is 4.90 Å². The fraction of sp³-hybridized carbons (Fsp3) is 0.385. The summed E-state index contributed by atoms with van der Waals surface area (Å²) in [4.78, 5) is 21.8. The zero-order chi connectivity index (χ0) is 16.9. The summed E-state index contributed by atoms with van der Waals surface area (Å²) in [6.07, 6.45) is 0.0815. The number of rotatable bonds is 3. The maximum atomic E-state index is 12.8. The van der Waals surface area contributed by atoms with Crippen LogP contribution < -0.4 is 4.90 Å². The number of nitrogens with zero attached hydrogens (tertiary/aromatic N) is 3. The van der Waals surface area contributed by atoms with Crippen LogP contribution in [0.3, 0.4) is 0 Å². The Labute approximate surface area is 127 Å². The van der Waals surface area contributed by atoms with Crippen LogP contribution in [-0.4, -0.2) is 21.9 Å². The van der Waals surface area contributed by atoms with Crippen LogP contribution in [0.15, 0.2) is 24.3 Å². The second kappa shape index (κ2) is 4.93. The summed E-state index contributed by atoms with van der Waals surface area (Å²) in [5, 5.41) is 22.4. The molecule has 10 heteroatoms. The quantitative estimate of drug-likeness (QED) is 0.367. The Hall–Kier alpha value is -2.65. The number of hydrogen-bond donors (Lipinski definition) is 0. The molecule has 1 fully saturated rings. The Kier molecular flexibility index (Phi) is 3.27. The number of benzene rings is 1. The van der Waals surface area contributed by atoms with Crippen LogP contribution in [-0.2, 0) is 6.18 Å². The third kappa shape index (κ3) is 2.49. The highest BCUT2D eigenvalue weighted by molar-refractivity contribution is 5.81. The van der Waals surface area contributed by atoms with Gasteiger partial charge in [0.2, 0.25) is 0 Å². The lowest BCUT2D eigenvalue weighted by atomic mass is 10.1. The second-order valence-electron chi connectivity index (χ2n) is 5.35. The van der Waals surface area contributed by atoms with Crippen molar-refractivity contribution in [1.82, 2.24) is 0 Å². The number of fused-ring (bicyclic) bond motifs is 1. The van der Waals surface area contributed by atoms with E-state index in [1.807, 2.05) is 6.08 Å². The van der Waals surface area contributed by atoms with Crippen molar-refractivity contribution in [3.63, 3.8) is 0 Å². The molecule has 122 valence electrons. The van der Waals surface area contributed by atoms with Gasteiger partial charge in [0.15, 0.2) is 5.69 Å². The number of allylic oxidation sites excluding steroid dienone is 1. The summed E-state index contributed by atoms with van der Waals surface area (Å²) in [6.45, 7) is 0. The Morgan fingerprint density at radius 1 is 1.13 bits per heavy atom. The predicted molar refractivity (Wildman–Crippen MR) is 73.2 cm³/mol. The minimum atomic E-state index is -4.90. The van der Waals surface area contributed by atoms with Crippen LogP contribution in [0.25, 0.3) is 0 Å². The summed E-state index contributed by atoms with van der Waals surface area (Å²) in [5.41, 5.74) is -3.54. The molecule has 0 amide bonds. The van der Waals surface area contributed by atoms with E-state index in [4.69, 9.17) is 0 Å². The van der Waals surface area contributed by atoms with Gasteiger partial charge < -0.3 is 4.90 Å². The van der Waals surface area contributed by atoms with Crippen molar-refractivity contribution < 1.29 is 23.0 Å². The molecule has 1 saturated heterocycles. The number of halogens is 3. The first-order chi connectivity index (χ1) is 10.7. The van der Waals surface area contributed by atoms with Crippen molar-refractivity contribution in [2.24, 2.45) is 0 Å². The van der Waals surface area contributed by atoms with Gasteiger partial charge in [0.1, 0.15) is 0 Å². The van der Waals surface area contributed by atoms with E-state index in [9.17, 15) is 33.4 Å². The normalized spacial score (nSPS) is 22.7. The van der Waals surface area contributed by atoms with Gasteiger partial charge in [-0.05, 0) is 12.8 Å². The highest BCUT2D eigenvalue weighted by Gasteiger charge is 2.52. The summed E-state index contributed by atoms with van der Waals surface area (Å²) in [6, 6.07) is 0.333. The third-order valence-corrected chi connectivity index (χ3v) is 3.99. The minimum absolute atomic E-state index is 0.144. The standard InChI is InChI=1S/C13H10F3N3O4/c14-13(15,16)7-5-10(18(20)21)12(11(6-7)19(22)23)17-8-3-1-2-4-9(8)17/h1,3,5-6,8-9H,2,4H2. The predicted octanol–water partition coefficient (Wildman–Crippen LogP) is 3.43. The first-order valence-electron chi connectivity index (χ1n) is 6.71. The Morgan fingerprint density at radius 2 is 1.70 bits per heavy atom. The van der Waals surface area contributed by atoms with Crippen LogP contribution in [0.5, 0.6) is 0 Å². The molecule has 2 unspecified atom stereocenters. The lowest BCUT2D eigenvalue weighted by molar-refractivity contribution is -0.392. The van der Waals surface area contributed by atoms with E-state index >= 15 is 0 Å². The molecule has 1 aliphatic carbocycles. The maximum absolute atomic E-state index is 12.8. The SMILES string of the molecule is O=[N+]([O-])c1cc(C(F)(F)F)cc([N+](=O)[O-])c1N1C2C=CCCC21. The molecule has 0 radical (unpaired) electrons. The van der Waals surface area contributed by atoms with Crippen LogP contribution >= 0.6 is 0 Å². The molecule has 2 atom stereocenters. The average Bonchev–Trinajstić information content (AvgIpc) is 3.18. The summed E-state index contributed by atoms with van der Waals surface area (Å²) in [7, 11) is 0. The Morgan fingerprint density at radius 3 is 2.09 bits per heavy atom. The van der Waals surface area contributed by atoms with Crippen molar-refractivity contribution in [3.05, 3.63) is 50.1 Å². The zero-order valence-corrected chi connectivity index (χ0v) is 11.5. The zero-order valence-electron chi connectivity index (χ0n) is 11.5. The van der Waals surface area contributed by atoms with Gasteiger partial charge in [-0.25, -0.2) is 0 Å². The molecule has 7 nitrogen and oxygen atoms in total. The average molecular weight is 329 g/mol. The molecular weight excluding hydrogens is 319 g/mol. The first kappa shape index (κ1) is 15.3. The van der Waals surface area contributed by atoms with Crippen molar-refractivity contribution in [3.8, 4) is 0 Å². The van der Waals surface area contributed by atoms with Crippen LogP contribution in [0.2, 0.25) is 0 Å². The molecule has 1 aromatic carbocycles. The lowest BCUT2D eigenvalue weighted by Gasteiger charge is -2.11. The molecule has 23 heavy (non-hydrogen) atoms. The molecule has 0 saturated carbocycles. The van der Waals surface area contributed by atoms with Gasteiger partial charge >= 0.3 is 6.18 Å². The molecule has 0 spiro atoms. The van der Waals surface area contributed by atoms with Crippen LogP contribution in [0, 0.1) is 20.2 Å². The van der Waals surface area contributed by atoms with Gasteiger partial charge in [0.05, 0.1) is 27.5 Å². The molecule has 0 bridgehead atoms. The fourth-order valence-electron chi connectivity index (χ4n) is 2.96. The minimum Gasteiger partial charge on any atom is -0.346 e. The van der Waals surface area contributed by atoms with Crippen LogP contribution in [0.1, 0.15) is 18.4 Å². The third-order valence-electron chi connectivity index (χ3n) is 3.99. The highest BCUT2D eigenvalue weighted by atomic mass is 19.4. The van der Waals surface area contributed by atoms with Gasteiger partial charge in [-0.15, -0.1) is 0 Å². The Bertz CT molecular complexity index is 697. The molecule has 1 aliphatic heterocycles. The lowest BCUT2D eigenvalue weighted by Crippen LogP contribution is -2.11. The molecule has 3 rings (SSSR count).